The fourth-order valence-electron chi connectivity index (χ4n) is 6.55. The van der Waals surface area contributed by atoms with E-state index in [4.69, 9.17) is 9.47 Å². The first kappa shape index (κ1) is 15.2. The second-order valence-corrected chi connectivity index (χ2v) is 8.47. The summed E-state index contributed by atoms with van der Waals surface area (Å²) in [6.07, 6.45) is 6.07. The molecular weight excluding hydrogens is 322 g/mol. The zero-order chi connectivity index (χ0) is 17.2. The number of ether oxygens (including phenoxy) is 2. The van der Waals surface area contributed by atoms with Gasteiger partial charge < -0.3 is 9.47 Å². The van der Waals surface area contributed by atoms with Gasteiger partial charge in [-0.2, -0.15) is 0 Å². The Hall–Kier alpha value is -1.84. The van der Waals surface area contributed by atoms with E-state index in [0.29, 0.717) is 11.8 Å². The predicted molar refractivity (Wildman–Crippen MR) is 99.0 cm³/mol. The molecule has 26 heavy (non-hydrogen) atoms. The third kappa shape index (κ3) is 1.80. The maximum Gasteiger partial charge on any atom is 0.247 e. The Kier molecular flexibility index (Phi) is 3.13. The highest BCUT2D eigenvalue weighted by Crippen LogP contribution is 2.55. The van der Waals surface area contributed by atoms with Crippen molar-refractivity contribution in [2.45, 2.75) is 49.5 Å². The Labute approximate surface area is 154 Å². The average molecular weight is 348 g/mol. The fraction of sp³-hybridized carbons (Fsp3) is 0.478. The van der Waals surface area contributed by atoms with E-state index in [2.05, 4.69) is 54.6 Å². The molecule has 1 N–H and O–H groups in total. The summed E-state index contributed by atoms with van der Waals surface area (Å²) in [5, 5.41) is 0. The van der Waals surface area contributed by atoms with Gasteiger partial charge in [0.25, 0.3) is 0 Å². The number of benzene rings is 2. The molecule has 2 aromatic carbocycles. The monoisotopic (exact) mass is 348 g/mol. The van der Waals surface area contributed by atoms with Crippen LogP contribution in [0.3, 0.4) is 0 Å². The van der Waals surface area contributed by atoms with Crippen molar-refractivity contribution in [2.75, 3.05) is 13.2 Å². The van der Waals surface area contributed by atoms with Crippen molar-refractivity contribution in [3.8, 4) is 5.75 Å². The molecule has 4 aliphatic rings. The zero-order valence-corrected chi connectivity index (χ0v) is 15.1. The van der Waals surface area contributed by atoms with Crippen LogP contribution in [0.4, 0.5) is 0 Å². The van der Waals surface area contributed by atoms with Gasteiger partial charge >= 0.3 is 0 Å². The van der Waals surface area contributed by atoms with Crippen LogP contribution in [0.25, 0.3) is 0 Å². The molecule has 0 radical (unpaired) electrons. The number of quaternary nitrogens is 1. The second-order valence-electron chi connectivity index (χ2n) is 8.47. The van der Waals surface area contributed by atoms with E-state index in [1.165, 1.54) is 30.4 Å². The van der Waals surface area contributed by atoms with Gasteiger partial charge in [0.1, 0.15) is 18.9 Å². The summed E-state index contributed by atoms with van der Waals surface area (Å²) in [6, 6.07) is 19.7. The third-order valence-corrected chi connectivity index (χ3v) is 7.45. The Morgan fingerprint density at radius 1 is 0.962 bits per heavy atom. The predicted octanol–water partition coefficient (Wildman–Crippen LogP) is 3.22. The van der Waals surface area contributed by atoms with E-state index in [0.717, 1.165) is 31.7 Å². The van der Waals surface area contributed by atoms with Crippen molar-refractivity contribution in [1.82, 2.24) is 0 Å². The van der Waals surface area contributed by atoms with E-state index in [-0.39, 0.29) is 11.4 Å². The van der Waals surface area contributed by atoms with E-state index < -0.39 is 0 Å². The molecule has 3 nitrogen and oxygen atoms in total. The lowest BCUT2D eigenvalue weighted by atomic mass is 9.62. The molecule has 1 spiro atoms. The Bertz CT molecular complexity index is 837. The first-order valence-electron chi connectivity index (χ1n) is 10.2. The van der Waals surface area contributed by atoms with Crippen molar-refractivity contribution in [1.29, 1.82) is 0 Å². The van der Waals surface area contributed by atoms with Crippen LogP contribution >= 0.6 is 0 Å². The van der Waals surface area contributed by atoms with Crippen molar-refractivity contribution in [2.24, 2.45) is 5.92 Å². The molecule has 2 saturated heterocycles. The van der Waals surface area contributed by atoms with Crippen LogP contribution in [0.15, 0.2) is 54.6 Å². The van der Waals surface area contributed by atoms with Gasteiger partial charge in [-0.1, -0.05) is 48.9 Å². The van der Waals surface area contributed by atoms with Gasteiger partial charge in [-0.05, 0) is 30.5 Å². The zero-order valence-electron chi connectivity index (χ0n) is 15.1. The van der Waals surface area contributed by atoms with Gasteiger partial charge in [0, 0.05) is 18.8 Å². The third-order valence-electron chi connectivity index (χ3n) is 7.45. The molecular formula is C23H26NO2+. The standard InChI is InChI=1S/C23H25NO2/c1-2-8-17(9-3-1)18-16-23-20-11-4-5-12-21(20)26-22(24(23)14-15-25-23)13-7-6-10-19(18)22/h1-5,8-9,11-12,18-19H,6-7,10,13-16H2/p+1/t18-,19-,22+,23-/m1/s1. The van der Waals surface area contributed by atoms with Gasteiger partial charge in [-0.3, -0.25) is 4.90 Å². The number of hydrogen-bond acceptors (Lipinski definition) is 2. The molecule has 0 aromatic heterocycles. The van der Waals surface area contributed by atoms with Gasteiger partial charge in [0.15, 0.2) is 0 Å². The van der Waals surface area contributed by atoms with Crippen molar-refractivity contribution in [3.05, 3.63) is 65.7 Å². The summed E-state index contributed by atoms with van der Waals surface area (Å²) < 4.78 is 13.6. The maximum atomic E-state index is 6.94. The van der Waals surface area contributed by atoms with Gasteiger partial charge in [-0.25, -0.2) is 0 Å². The van der Waals surface area contributed by atoms with Crippen LogP contribution in [0.5, 0.6) is 5.75 Å². The molecule has 3 fully saturated rings. The Morgan fingerprint density at radius 3 is 2.73 bits per heavy atom. The molecule has 1 aliphatic carbocycles. The number of piperidine rings is 1. The summed E-state index contributed by atoms with van der Waals surface area (Å²) in [4.78, 5) is 1.56. The Balaban J connectivity index is 1.59. The molecule has 2 aromatic rings. The average Bonchev–Trinajstić information content (AvgIpc) is 3.15. The van der Waals surface area contributed by atoms with Crippen LogP contribution in [-0.4, -0.2) is 18.9 Å². The number of nitrogens with one attached hydrogen (secondary N) is 1. The van der Waals surface area contributed by atoms with E-state index in [1.807, 2.05) is 0 Å². The quantitative estimate of drug-likeness (QED) is 0.855. The lowest BCUT2D eigenvalue weighted by molar-refractivity contribution is -1.05. The molecule has 6 rings (SSSR count). The summed E-state index contributed by atoms with van der Waals surface area (Å²) in [5.41, 5.74) is 2.37. The molecule has 5 atom stereocenters. The summed E-state index contributed by atoms with van der Waals surface area (Å²) >= 11 is 0. The number of para-hydroxylation sites is 1. The van der Waals surface area contributed by atoms with Crippen molar-refractivity contribution in [3.63, 3.8) is 0 Å². The topological polar surface area (TPSA) is 22.9 Å². The minimum Gasteiger partial charge on any atom is -0.439 e. The normalized spacial score (nSPS) is 40.1. The van der Waals surface area contributed by atoms with Gasteiger partial charge in [-0.15, -0.1) is 0 Å². The summed E-state index contributed by atoms with van der Waals surface area (Å²) in [6.45, 7) is 1.90. The van der Waals surface area contributed by atoms with Crippen LogP contribution in [0, 0.1) is 5.92 Å². The van der Waals surface area contributed by atoms with Crippen LogP contribution in [0.2, 0.25) is 0 Å². The highest BCUT2D eigenvalue weighted by Gasteiger charge is 2.71. The van der Waals surface area contributed by atoms with Crippen LogP contribution in [0.1, 0.15) is 49.1 Å². The summed E-state index contributed by atoms with van der Waals surface area (Å²) in [5.74, 6) is 2.14. The van der Waals surface area contributed by atoms with Crippen LogP contribution in [-0.2, 0) is 10.5 Å². The molecule has 2 bridgehead atoms. The molecule has 1 unspecified atom stereocenters. The van der Waals surface area contributed by atoms with Crippen molar-refractivity contribution >= 4 is 0 Å². The minimum atomic E-state index is -0.233. The largest absolute Gasteiger partial charge is 0.439 e. The van der Waals surface area contributed by atoms with Gasteiger partial charge in [0.05, 0.1) is 11.5 Å². The van der Waals surface area contributed by atoms with Gasteiger partial charge in [0.2, 0.25) is 11.4 Å². The van der Waals surface area contributed by atoms with E-state index in [9.17, 15) is 0 Å². The highest BCUT2D eigenvalue weighted by molar-refractivity contribution is 5.41. The molecule has 3 heterocycles. The highest BCUT2D eigenvalue weighted by atomic mass is 16.6. The smallest absolute Gasteiger partial charge is 0.247 e. The first-order valence-corrected chi connectivity index (χ1v) is 10.2. The molecule has 0 amide bonds. The summed E-state index contributed by atoms with van der Waals surface area (Å²) in [7, 11) is 0. The first-order chi connectivity index (χ1) is 12.8. The second kappa shape index (κ2) is 5.34. The SMILES string of the molecule is c1ccc([C@H]2C[C@]34OCC[NH+]3[C@@]3(CCCC[C@H]23)Oc2ccccc24)cc1. The molecule has 3 heteroatoms. The lowest BCUT2D eigenvalue weighted by Crippen LogP contribution is -3.28. The van der Waals surface area contributed by atoms with Crippen molar-refractivity contribution < 1.29 is 14.4 Å². The van der Waals surface area contributed by atoms with E-state index >= 15 is 0 Å². The fourth-order valence-corrected chi connectivity index (χ4v) is 6.55. The minimum absolute atomic E-state index is 0.123. The van der Waals surface area contributed by atoms with E-state index in [1.54, 1.807) is 4.90 Å². The molecule has 134 valence electrons. The number of fused-ring (bicyclic) bond motifs is 1. The lowest BCUT2D eigenvalue weighted by Gasteiger charge is -2.60. The Morgan fingerprint density at radius 2 is 1.81 bits per heavy atom. The molecule has 3 aliphatic heterocycles. The van der Waals surface area contributed by atoms with Crippen LogP contribution < -0.4 is 9.64 Å². The molecule has 1 saturated carbocycles. The number of hydrogen-bond donors (Lipinski definition) is 1. The maximum absolute atomic E-state index is 6.94. The number of rotatable bonds is 1.